The van der Waals surface area contributed by atoms with Gasteiger partial charge < -0.3 is 14.6 Å². The number of halogens is 1. The number of hydrogen-bond donors (Lipinski definition) is 1. The van der Waals surface area contributed by atoms with E-state index in [1.165, 1.54) is 0 Å². The zero-order valence-corrected chi connectivity index (χ0v) is 12.4. The van der Waals surface area contributed by atoms with Crippen molar-refractivity contribution >= 4 is 23.5 Å². The first-order chi connectivity index (χ1) is 9.43. The second kappa shape index (κ2) is 5.87. The van der Waals surface area contributed by atoms with Gasteiger partial charge in [-0.15, -0.1) is 0 Å². The van der Waals surface area contributed by atoms with E-state index < -0.39 is 5.97 Å². The predicted molar refractivity (Wildman–Crippen MR) is 76.0 cm³/mol. The molecule has 20 heavy (non-hydrogen) atoms. The van der Waals surface area contributed by atoms with E-state index in [0.29, 0.717) is 36.6 Å². The smallest absolute Gasteiger partial charge is 0.306 e. The van der Waals surface area contributed by atoms with E-state index in [1.54, 1.807) is 17.2 Å². The van der Waals surface area contributed by atoms with E-state index in [1.807, 2.05) is 18.4 Å². The van der Waals surface area contributed by atoms with Crippen LogP contribution in [0.1, 0.15) is 37.2 Å². The number of hydrogen-bond acceptors (Lipinski definition) is 2. The maximum absolute atomic E-state index is 12.6. The summed E-state index contributed by atoms with van der Waals surface area (Å²) in [6.07, 6.45) is 2.75. The van der Waals surface area contributed by atoms with Crippen LogP contribution in [-0.4, -0.2) is 39.0 Å². The fraction of sp³-hybridized carbons (Fsp3) is 0.571. The van der Waals surface area contributed by atoms with E-state index in [0.717, 1.165) is 0 Å². The maximum Gasteiger partial charge on any atom is 0.306 e. The van der Waals surface area contributed by atoms with E-state index >= 15 is 0 Å². The largest absolute Gasteiger partial charge is 0.481 e. The van der Waals surface area contributed by atoms with E-state index in [2.05, 4.69) is 0 Å². The standard InChI is InChI=1S/C14H19ClN2O3/c1-3-16-8-11(15)7-12(16)13(18)17-5-4-10(14(19)20)6-9(17)2/h7-10H,3-6H2,1-2H3,(H,19,20). The van der Waals surface area contributed by atoms with Gasteiger partial charge in [-0.2, -0.15) is 0 Å². The minimum atomic E-state index is -0.774. The van der Waals surface area contributed by atoms with Gasteiger partial charge in [-0.05, 0) is 32.8 Å². The second-order valence-corrected chi connectivity index (χ2v) is 5.67. The van der Waals surface area contributed by atoms with Crippen LogP contribution in [0.4, 0.5) is 0 Å². The number of aryl methyl sites for hydroxylation is 1. The molecule has 1 aromatic heterocycles. The Morgan fingerprint density at radius 2 is 2.20 bits per heavy atom. The number of amides is 1. The topological polar surface area (TPSA) is 62.5 Å². The Labute approximate surface area is 123 Å². The van der Waals surface area contributed by atoms with Gasteiger partial charge in [-0.3, -0.25) is 9.59 Å². The van der Waals surface area contributed by atoms with Gasteiger partial charge in [0.05, 0.1) is 10.9 Å². The third kappa shape index (κ3) is 2.82. The predicted octanol–water partition coefficient (Wildman–Crippen LogP) is 2.49. The molecule has 0 aliphatic carbocycles. The number of carbonyl (C=O) groups excluding carboxylic acids is 1. The van der Waals surface area contributed by atoms with Gasteiger partial charge in [0.15, 0.2) is 0 Å². The third-order valence-corrected chi connectivity index (χ3v) is 4.12. The van der Waals surface area contributed by atoms with Crippen LogP contribution < -0.4 is 0 Å². The SMILES string of the molecule is CCn1cc(Cl)cc1C(=O)N1CCC(C(=O)O)CC1C. The van der Waals surface area contributed by atoms with Gasteiger partial charge in [0.2, 0.25) is 0 Å². The zero-order chi connectivity index (χ0) is 14.9. The minimum absolute atomic E-state index is 0.0728. The highest BCUT2D eigenvalue weighted by Gasteiger charge is 2.33. The summed E-state index contributed by atoms with van der Waals surface area (Å²) in [5.74, 6) is -1.20. The summed E-state index contributed by atoms with van der Waals surface area (Å²) < 4.78 is 1.82. The lowest BCUT2D eigenvalue weighted by atomic mass is 9.91. The highest BCUT2D eigenvalue weighted by Crippen LogP contribution is 2.25. The Kier molecular flexibility index (Phi) is 4.38. The van der Waals surface area contributed by atoms with Crippen LogP contribution in [0, 0.1) is 5.92 Å². The number of likely N-dealkylation sites (tertiary alicyclic amines) is 1. The molecule has 0 saturated carbocycles. The molecule has 0 aromatic carbocycles. The first-order valence-corrected chi connectivity index (χ1v) is 7.21. The number of piperidine rings is 1. The molecule has 2 heterocycles. The van der Waals surface area contributed by atoms with Crippen molar-refractivity contribution in [1.29, 1.82) is 0 Å². The summed E-state index contributed by atoms with van der Waals surface area (Å²) in [5.41, 5.74) is 0.568. The van der Waals surface area contributed by atoms with Crippen LogP contribution in [0.25, 0.3) is 0 Å². The average Bonchev–Trinajstić information content (AvgIpc) is 2.79. The first-order valence-electron chi connectivity index (χ1n) is 6.83. The van der Waals surface area contributed by atoms with Crippen molar-refractivity contribution in [3.63, 3.8) is 0 Å². The molecule has 1 aromatic rings. The van der Waals surface area contributed by atoms with E-state index in [9.17, 15) is 9.59 Å². The molecule has 2 rings (SSSR count). The number of carbonyl (C=O) groups is 2. The van der Waals surface area contributed by atoms with E-state index in [4.69, 9.17) is 16.7 Å². The third-order valence-electron chi connectivity index (χ3n) is 3.91. The van der Waals surface area contributed by atoms with Crippen LogP contribution in [-0.2, 0) is 11.3 Å². The molecule has 0 bridgehead atoms. The van der Waals surface area contributed by atoms with Gasteiger partial charge in [0, 0.05) is 25.3 Å². The maximum atomic E-state index is 12.6. The molecule has 1 amide bonds. The Bertz CT molecular complexity index is 526. The van der Waals surface area contributed by atoms with Crippen molar-refractivity contribution < 1.29 is 14.7 Å². The van der Waals surface area contributed by atoms with Crippen molar-refractivity contribution in [3.05, 3.63) is 23.0 Å². The minimum Gasteiger partial charge on any atom is -0.481 e. The number of carboxylic acid groups (broad SMARTS) is 1. The van der Waals surface area contributed by atoms with Crippen LogP contribution in [0.2, 0.25) is 5.02 Å². The lowest BCUT2D eigenvalue weighted by molar-refractivity contribution is -0.143. The molecule has 2 unspecified atom stereocenters. The van der Waals surface area contributed by atoms with Crippen molar-refractivity contribution in [3.8, 4) is 0 Å². The molecule has 0 radical (unpaired) electrons. The van der Waals surface area contributed by atoms with Gasteiger partial charge >= 0.3 is 5.97 Å². The monoisotopic (exact) mass is 298 g/mol. The number of aromatic nitrogens is 1. The fourth-order valence-electron chi connectivity index (χ4n) is 2.76. The Morgan fingerprint density at radius 3 is 2.75 bits per heavy atom. The lowest BCUT2D eigenvalue weighted by Crippen LogP contribution is -2.46. The molecular weight excluding hydrogens is 280 g/mol. The molecule has 1 N–H and O–H groups in total. The van der Waals surface area contributed by atoms with Crippen LogP contribution >= 0.6 is 11.6 Å². The second-order valence-electron chi connectivity index (χ2n) is 5.24. The van der Waals surface area contributed by atoms with Crippen LogP contribution in [0.15, 0.2) is 12.3 Å². The van der Waals surface area contributed by atoms with Crippen LogP contribution in [0.3, 0.4) is 0 Å². The molecule has 1 aliphatic rings. The van der Waals surface area contributed by atoms with Crippen molar-refractivity contribution in [2.45, 2.75) is 39.3 Å². The number of carboxylic acids is 1. The molecule has 0 spiro atoms. The molecule has 1 fully saturated rings. The van der Waals surface area contributed by atoms with Crippen molar-refractivity contribution in [2.24, 2.45) is 5.92 Å². The molecular formula is C14H19ClN2O3. The zero-order valence-electron chi connectivity index (χ0n) is 11.7. The summed E-state index contributed by atoms with van der Waals surface area (Å²) in [4.78, 5) is 25.4. The molecule has 1 aliphatic heterocycles. The van der Waals surface area contributed by atoms with E-state index in [-0.39, 0.29) is 17.9 Å². The molecule has 6 heteroatoms. The average molecular weight is 299 g/mol. The Morgan fingerprint density at radius 1 is 1.50 bits per heavy atom. The van der Waals surface area contributed by atoms with Crippen molar-refractivity contribution in [1.82, 2.24) is 9.47 Å². The highest BCUT2D eigenvalue weighted by molar-refractivity contribution is 6.31. The summed E-state index contributed by atoms with van der Waals surface area (Å²) >= 11 is 5.96. The normalized spacial score (nSPS) is 22.9. The summed E-state index contributed by atoms with van der Waals surface area (Å²) in [5, 5.41) is 9.60. The molecule has 1 saturated heterocycles. The van der Waals surface area contributed by atoms with Crippen LogP contribution in [0.5, 0.6) is 0 Å². The first kappa shape index (κ1) is 14.9. The molecule has 110 valence electrons. The fourth-order valence-corrected chi connectivity index (χ4v) is 2.98. The summed E-state index contributed by atoms with van der Waals surface area (Å²) in [7, 11) is 0. The number of nitrogens with zero attached hydrogens (tertiary/aromatic N) is 2. The summed E-state index contributed by atoms with van der Waals surface area (Å²) in [6.45, 7) is 5.00. The van der Waals surface area contributed by atoms with Gasteiger partial charge in [-0.1, -0.05) is 11.6 Å². The van der Waals surface area contributed by atoms with Gasteiger partial charge in [-0.25, -0.2) is 0 Å². The Balaban J connectivity index is 2.15. The number of aliphatic carboxylic acids is 1. The molecule has 2 atom stereocenters. The Hall–Kier alpha value is -1.49. The van der Waals surface area contributed by atoms with Gasteiger partial charge in [0.25, 0.3) is 5.91 Å². The van der Waals surface area contributed by atoms with Crippen molar-refractivity contribution in [2.75, 3.05) is 6.54 Å². The molecule has 5 nitrogen and oxygen atoms in total. The highest BCUT2D eigenvalue weighted by atomic mass is 35.5. The lowest BCUT2D eigenvalue weighted by Gasteiger charge is -2.36. The quantitative estimate of drug-likeness (QED) is 0.932. The summed E-state index contributed by atoms with van der Waals surface area (Å²) in [6, 6.07) is 1.60. The number of rotatable bonds is 3. The van der Waals surface area contributed by atoms with Gasteiger partial charge in [0.1, 0.15) is 5.69 Å².